The van der Waals surface area contributed by atoms with Gasteiger partial charge in [-0.15, -0.1) is 0 Å². The number of benzene rings is 1. The fourth-order valence-electron chi connectivity index (χ4n) is 2.06. The van der Waals surface area contributed by atoms with Crippen molar-refractivity contribution in [2.45, 2.75) is 23.9 Å². The molecule has 1 aromatic carbocycles. The molecule has 7 nitrogen and oxygen atoms in total. The molecule has 1 heterocycles. The molecule has 2 rings (SSSR count). The van der Waals surface area contributed by atoms with Crippen LogP contribution in [0.5, 0.6) is 0 Å². The van der Waals surface area contributed by atoms with Gasteiger partial charge in [-0.2, -0.15) is 0 Å². The zero-order valence-corrected chi connectivity index (χ0v) is 11.8. The number of nitrogens with zero attached hydrogens (tertiary/aromatic N) is 1. The molecule has 1 aliphatic heterocycles. The van der Waals surface area contributed by atoms with Gasteiger partial charge < -0.3 is 5.32 Å². The molecule has 0 aliphatic carbocycles. The van der Waals surface area contributed by atoms with E-state index in [0.29, 0.717) is 6.54 Å². The molecule has 8 heteroatoms. The quantitative estimate of drug-likeness (QED) is 0.635. The minimum Gasteiger partial charge on any atom is -0.332 e. The van der Waals surface area contributed by atoms with Crippen molar-refractivity contribution in [3.8, 4) is 0 Å². The summed E-state index contributed by atoms with van der Waals surface area (Å²) in [6.45, 7) is 0.489. The van der Waals surface area contributed by atoms with E-state index >= 15 is 0 Å². The maximum Gasteiger partial charge on any atom is 0.287 e. The third-order valence-electron chi connectivity index (χ3n) is 3.31. The number of likely N-dealkylation sites (N-methyl/N-ethyl adjacent to an activating group) is 1. The number of carbonyl (C=O) groups is 2. The maximum atomic E-state index is 11.7. The summed E-state index contributed by atoms with van der Waals surface area (Å²) in [7, 11) is -2.22. The van der Waals surface area contributed by atoms with E-state index in [2.05, 4.69) is 0 Å². The highest BCUT2D eigenvalue weighted by atomic mass is 32.2. The SMILES string of the molecule is CN1C(=O)C[C@H]([NH2+]Cc2ccc(S(N)(=O)=O)cc2)C1=O. The second-order valence-electron chi connectivity index (χ2n) is 4.73. The first-order chi connectivity index (χ1) is 9.29. The second kappa shape index (κ2) is 5.31. The van der Waals surface area contributed by atoms with Gasteiger partial charge in [-0.3, -0.25) is 14.5 Å². The first kappa shape index (κ1) is 14.6. The Hall–Kier alpha value is -1.77. The third-order valence-corrected chi connectivity index (χ3v) is 4.24. The highest BCUT2D eigenvalue weighted by Gasteiger charge is 2.38. The molecule has 20 heavy (non-hydrogen) atoms. The maximum absolute atomic E-state index is 11.7. The lowest BCUT2D eigenvalue weighted by molar-refractivity contribution is -0.690. The van der Waals surface area contributed by atoms with Crippen LogP contribution in [-0.4, -0.2) is 38.2 Å². The molecule has 108 valence electrons. The van der Waals surface area contributed by atoms with E-state index in [-0.39, 0.29) is 23.1 Å². The summed E-state index contributed by atoms with van der Waals surface area (Å²) in [5.41, 5.74) is 0.854. The highest BCUT2D eigenvalue weighted by molar-refractivity contribution is 7.89. The monoisotopic (exact) mass is 298 g/mol. The van der Waals surface area contributed by atoms with Crippen molar-refractivity contribution in [3.05, 3.63) is 29.8 Å². The van der Waals surface area contributed by atoms with Crippen LogP contribution < -0.4 is 10.5 Å². The fourth-order valence-corrected chi connectivity index (χ4v) is 2.58. The largest absolute Gasteiger partial charge is 0.332 e. The van der Waals surface area contributed by atoms with Crippen LogP contribution in [-0.2, 0) is 26.2 Å². The number of hydrogen-bond donors (Lipinski definition) is 2. The molecule has 0 bridgehead atoms. The van der Waals surface area contributed by atoms with E-state index in [1.54, 1.807) is 17.4 Å². The van der Waals surface area contributed by atoms with Crippen LogP contribution in [0.3, 0.4) is 0 Å². The van der Waals surface area contributed by atoms with Crippen LogP contribution >= 0.6 is 0 Å². The summed E-state index contributed by atoms with van der Waals surface area (Å²) in [5, 5.41) is 6.78. The van der Waals surface area contributed by atoms with Crippen molar-refractivity contribution >= 4 is 21.8 Å². The Morgan fingerprint density at radius 2 is 1.90 bits per heavy atom. The topological polar surface area (TPSA) is 114 Å². The first-order valence-electron chi connectivity index (χ1n) is 6.04. The van der Waals surface area contributed by atoms with Gasteiger partial charge in [0, 0.05) is 12.6 Å². The van der Waals surface area contributed by atoms with Crippen molar-refractivity contribution in [1.29, 1.82) is 0 Å². The van der Waals surface area contributed by atoms with E-state index in [0.717, 1.165) is 10.5 Å². The van der Waals surface area contributed by atoms with E-state index in [1.807, 2.05) is 0 Å². The molecule has 0 radical (unpaired) electrons. The van der Waals surface area contributed by atoms with Crippen molar-refractivity contribution in [2.24, 2.45) is 5.14 Å². The van der Waals surface area contributed by atoms with Crippen LogP contribution in [0.1, 0.15) is 12.0 Å². The number of imide groups is 1. The number of sulfonamides is 1. The molecule has 1 saturated heterocycles. The van der Waals surface area contributed by atoms with Crippen molar-refractivity contribution in [2.75, 3.05) is 7.05 Å². The molecule has 1 aliphatic rings. The minimum absolute atomic E-state index is 0.0492. The lowest BCUT2D eigenvalue weighted by atomic mass is 10.2. The lowest BCUT2D eigenvalue weighted by Crippen LogP contribution is -2.90. The van der Waals surface area contributed by atoms with Gasteiger partial charge in [0.15, 0.2) is 6.04 Å². The van der Waals surface area contributed by atoms with E-state index < -0.39 is 16.1 Å². The smallest absolute Gasteiger partial charge is 0.287 e. The molecule has 2 amide bonds. The van der Waals surface area contributed by atoms with Crippen LogP contribution in [0.15, 0.2) is 29.2 Å². The van der Waals surface area contributed by atoms with Gasteiger partial charge in [0.2, 0.25) is 15.9 Å². The Bertz CT molecular complexity index is 639. The first-order valence-corrected chi connectivity index (χ1v) is 7.59. The predicted molar refractivity (Wildman–Crippen MR) is 69.6 cm³/mol. The molecular weight excluding hydrogens is 282 g/mol. The van der Waals surface area contributed by atoms with Crippen LogP contribution in [0.4, 0.5) is 0 Å². The van der Waals surface area contributed by atoms with E-state index in [1.165, 1.54) is 19.2 Å². The van der Waals surface area contributed by atoms with Crippen molar-refractivity contribution < 1.29 is 23.3 Å². The third kappa shape index (κ3) is 3.03. The van der Waals surface area contributed by atoms with Gasteiger partial charge in [-0.25, -0.2) is 13.6 Å². The van der Waals surface area contributed by atoms with Crippen LogP contribution in [0.25, 0.3) is 0 Å². The Kier molecular flexibility index (Phi) is 3.89. The summed E-state index contributed by atoms with van der Waals surface area (Å²) in [6.07, 6.45) is 0.199. The highest BCUT2D eigenvalue weighted by Crippen LogP contribution is 2.09. The Morgan fingerprint density at radius 1 is 1.30 bits per heavy atom. The average Bonchev–Trinajstić information content (AvgIpc) is 2.63. The van der Waals surface area contributed by atoms with Gasteiger partial charge in [0.1, 0.15) is 6.54 Å². The van der Waals surface area contributed by atoms with Gasteiger partial charge in [-0.05, 0) is 12.1 Å². The zero-order chi connectivity index (χ0) is 14.9. The van der Waals surface area contributed by atoms with Gasteiger partial charge in [0.25, 0.3) is 5.91 Å². The zero-order valence-electron chi connectivity index (χ0n) is 10.9. The molecule has 1 aromatic rings. The number of nitrogens with two attached hydrogens (primary N) is 2. The normalized spacial score (nSPS) is 19.7. The van der Waals surface area contributed by atoms with Crippen LogP contribution in [0.2, 0.25) is 0 Å². The van der Waals surface area contributed by atoms with Crippen molar-refractivity contribution in [3.63, 3.8) is 0 Å². The molecular formula is C12H16N3O4S+. The van der Waals surface area contributed by atoms with Crippen LogP contribution in [0, 0.1) is 0 Å². The van der Waals surface area contributed by atoms with Crippen molar-refractivity contribution in [1.82, 2.24) is 4.90 Å². The number of hydrogen-bond acceptors (Lipinski definition) is 4. The number of rotatable bonds is 4. The van der Waals surface area contributed by atoms with Gasteiger partial charge >= 0.3 is 0 Å². The summed E-state index contributed by atoms with van der Waals surface area (Å²) < 4.78 is 22.2. The summed E-state index contributed by atoms with van der Waals surface area (Å²) in [5.74, 6) is -0.378. The molecule has 0 spiro atoms. The minimum atomic E-state index is -3.69. The van der Waals surface area contributed by atoms with Gasteiger partial charge in [0.05, 0.1) is 11.3 Å². The second-order valence-corrected chi connectivity index (χ2v) is 6.29. The molecule has 1 fully saturated rings. The number of primary sulfonamides is 1. The average molecular weight is 298 g/mol. The Labute approximate surface area is 116 Å². The summed E-state index contributed by atoms with van der Waals surface area (Å²) >= 11 is 0. The molecule has 0 saturated carbocycles. The summed E-state index contributed by atoms with van der Waals surface area (Å²) in [6, 6.07) is 5.73. The van der Waals surface area contributed by atoms with Gasteiger partial charge in [-0.1, -0.05) is 12.1 Å². The van der Waals surface area contributed by atoms with E-state index in [4.69, 9.17) is 5.14 Å². The Balaban J connectivity index is 1.99. The summed E-state index contributed by atoms with van der Waals surface area (Å²) in [4.78, 5) is 24.2. The lowest BCUT2D eigenvalue weighted by Gasteiger charge is -2.08. The number of likely N-dealkylation sites (tertiary alicyclic amines) is 1. The van der Waals surface area contributed by atoms with E-state index in [9.17, 15) is 18.0 Å². The molecule has 4 N–H and O–H groups in total. The molecule has 0 unspecified atom stereocenters. The number of amides is 2. The number of quaternary nitrogens is 1. The fraction of sp³-hybridized carbons (Fsp3) is 0.333. The molecule has 0 aromatic heterocycles. The predicted octanol–water partition coefficient (Wildman–Crippen LogP) is -1.85. The number of carbonyl (C=O) groups excluding carboxylic acids is 2. The Morgan fingerprint density at radius 3 is 2.35 bits per heavy atom. The standard InChI is InChI=1S/C12H15N3O4S/c1-15-11(16)6-10(12(15)17)14-7-8-2-4-9(5-3-8)20(13,18)19/h2-5,10,14H,6-7H2,1H3,(H2,13,18,19)/p+1/t10-/m0/s1. The molecule has 1 atom stereocenters.